The Bertz CT molecular complexity index is 464. The van der Waals surface area contributed by atoms with Gasteiger partial charge >= 0.3 is 0 Å². The fourth-order valence-corrected chi connectivity index (χ4v) is 2.47. The summed E-state index contributed by atoms with van der Waals surface area (Å²) in [5, 5.41) is 29.8. The van der Waals surface area contributed by atoms with Gasteiger partial charge in [-0.2, -0.15) is 0 Å². The Labute approximate surface area is 135 Å². The van der Waals surface area contributed by atoms with Crippen molar-refractivity contribution in [1.82, 2.24) is 0 Å². The van der Waals surface area contributed by atoms with E-state index >= 15 is 0 Å². The van der Waals surface area contributed by atoms with Gasteiger partial charge in [0.2, 0.25) is 0 Å². The van der Waals surface area contributed by atoms with Gasteiger partial charge in [-0.15, -0.1) is 0 Å². The minimum absolute atomic E-state index is 0.194. The zero-order chi connectivity index (χ0) is 16.8. The molecule has 1 unspecified atom stereocenters. The van der Waals surface area contributed by atoms with Crippen molar-refractivity contribution in [3.8, 4) is 5.75 Å². The SMILES string of the molecule is CCOC1O[C@H](CO)[C@H](O)[C@H](OCc2ccc(OC)cc2)[C@H]1O. The Morgan fingerprint density at radius 2 is 1.78 bits per heavy atom. The molecular formula is C16H24O7. The highest BCUT2D eigenvalue weighted by Crippen LogP contribution is 2.25. The van der Waals surface area contributed by atoms with Gasteiger partial charge in [0, 0.05) is 6.61 Å². The van der Waals surface area contributed by atoms with Crippen LogP contribution in [0.3, 0.4) is 0 Å². The molecule has 1 aromatic carbocycles. The predicted octanol–water partition coefficient (Wildman–Crippen LogP) is 0.0559. The number of ether oxygens (including phenoxy) is 4. The first-order valence-electron chi connectivity index (χ1n) is 7.59. The second-order valence-electron chi connectivity index (χ2n) is 5.29. The maximum atomic E-state index is 10.3. The van der Waals surface area contributed by atoms with Gasteiger partial charge in [0.25, 0.3) is 0 Å². The monoisotopic (exact) mass is 328 g/mol. The lowest BCUT2D eigenvalue weighted by molar-refractivity contribution is -0.308. The molecule has 2 rings (SSSR count). The fourth-order valence-electron chi connectivity index (χ4n) is 2.47. The van der Waals surface area contributed by atoms with Crippen molar-refractivity contribution < 1.29 is 34.3 Å². The molecule has 0 radical (unpaired) electrons. The molecule has 130 valence electrons. The van der Waals surface area contributed by atoms with E-state index in [0.717, 1.165) is 11.3 Å². The van der Waals surface area contributed by atoms with Crippen molar-refractivity contribution in [2.24, 2.45) is 0 Å². The van der Waals surface area contributed by atoms with Gasteiger partial charge in [0.05, 0.1) is 20.3 Å². The summed E-state index contributed by atoms with van der Waals surface area (Å²) < 4.78 is 21.4. The van der Waals surface area contributed by atoms with Crippen molar-refractivity contribution in [1.29, 1.82) is 0 Å². The molecule has 0 bridgehead atoms. The van der Waals surface area contributed by atoms with Crippen molar-refractivity contribution in [2.75, 3.05) is 20.3 Å². The summed E-state index contributed by atoms with van der Waals surface area (Å²) in [6.07, 6.45) is -5.02. The van der Waals surface area contributed by atoms with E-state index in [2.05, 4.69) is 0 Å². The lowest BCUT2D eigenvalue weighted by atomic mass is 9.99. The Morgan fingerprint density at radius 1 is 1.09 bits per heavy atom. The summed E-state index contributed by atoms with van der Waals surface area (Å²) in [6, 6.07) is 7.27. The van der Waals surface area contributed by atoms with Crippen LogP contribution in [-0.2, 0) is 20.8 Å². The maximum absolute atomic E-state index is 10.3. The van der Waals surface area contributed by atoms with Gasteiger partial charge in [-0.05, 0) is 24.6 Å². The summed E-state index contributed by atoms with van der Waals surface area (Å²) in [7, 11) is 1.59. The Hall–Kier alpha value is -1.22. The number of aliphatic hydroxyl groups excluding tert-OH is 3. The standard InChI is InChI=1S/C16H24O7/c1-3-21-16-14(19)15(13(18)12(8-17)23-16)22-9-10-4-6-11(20-2)7-5-10/h4-7,12-19H,3,8-9H2,1-2H3/t12-,13+,14-,15+,16?/m1/s1. The van der Waals surface area contributed by atoms with Crippen LogP contribution in [0.4, 0.5) is 0 Å². The number of hydrogen-bond acceptors (Lipinski definition) is 7. The van der Waals surface area contributed by atoms with Crippen LogP contribution in [0.5, 0.6) is 5.75 Å². The molecule has 5 atom stereocenters. The Morgan fingerprint density at radius 3 is 2.35 bits per heavy atom. The average molecular weight is 328 g/mol. The second kappa shape index (κ2) is 8.58. The third-order valence-electron chi connectivity index (χ3n) is 3.75. The van der Waals surface area contributed by atoms with Gasteiger partial charge in [-0.1, -0.05) is 12.1 Å². The maximum Gasteiger partial charge on any atom is 0.186 e. The summed E-state index contributed by atoms with van der Waals surface area (Å²) in [4.78, 5) is 0. The van der Waals surface area contributed by atoms with Crippen LogP contribution >= 0.6 is 0 Å². The first kappa shape index (κ1) is 18.1. The van der Waals surface area contributed by atoms with Gasteiger partial charge < -0.3 is 34.3 Å². The van der Waals surface area contributed by atoms with Crippen molar-refractivity contribution in [3.63, 3.8) is 0 Å². The highest BCUT2D eigenvalue weighted by molar-refractivity contribution is 5.26. The first-order chi connectivity index (χ1) is 11.1. The molecule has 0 aromatic heterocycles. The van der Waals surface area contributed by atoms with Gasteiger partial charge in [-0.3, -0.25) is 0 Å². The molecule has 23 heavy (non-hydrogen) atoms. The van der Waals surface area contributed by atoms with E-state index in [-0.39, 0.29) is 13.2 Å². The quantitative estimate of drug-likeness (QED) is 0.651. The minimum atomic E-state index is -1.15. The van der Waals surface area contributed by atoms with Crippen LogP contribution in [0, 0.1) is 0 Å². The van der Waals surface area contributed by atoms with Crippen LogP contribution in [0.1, 0.15) is 12.5 Å². The number of hydrogen-bond donors (Lipinski definition) is 3. The predicted molar refractivity (Wildman–Crippen MR) is 81.0 cm³/mol. The number of methoxy groups -OCH3 is 1. The molecule has 0 aliphatic carbocycles. The zero-order valence-electron chi connectivity index (χ0n) is 13.3. The number of rotatable bonds is 7. The van der Waals surface area contributed by atoms with Gasteiger partial charge in [0.1, 0.15) is 30.2 Å². The summed E-state index contributed by atoms with van der Waals surface area (Å²) in [5.74, 6) is 0.733. The second-order valence-corrected chi connectivity index (χ2v) is 5.29. The molecule has 1 fully saturated rings. The summed E-state index contributed by atoms with van der Waals surface area (Å²) >= 11 is 0. The van der Waals surface area contributed by atoms with E-state index in [1.54, 1.807) is 26.2 Å². The van der Waals surface area contributed by atoms with Crippen LogP contribution < -0.4 is 4.74 Å². The highest BCUT2D eigenvalue weighted by atomic mass is 16.7. The van der Waals surface area contributed by atoms with Crippen molar-refractivity contribution >= 4 is 0 Å². The summed E-state index contributed by atoms with van der Waals surface area (Å²) in [5.41, 5.74) is 0.866. The zero-order valence-corrected chi connectivity index (χ0v) is 13.3. The van der Waals surface area contributed by atoms with Crippen LogP contribution in [0.25, 0.3) is 0 Å². The molecule has 0 saturated carbocycles. The average Bonchev–Trinajstić information content (AvgIpc) is 2.58. The lowest BCUT2D eigenvalue weighted by Crippen LogP contribution is -2.60. The van der Waals surface area contributed by atoms with Gasteiger partial charge in [-0.25, -0.2) is 0 Å². The van der Waals surface area contributed by atoms with E-state index in [0.29, 0.717) is 6.61 Å². The smallest absolute Gasteiger partial charge is 0.186 e. The summed E-state index contributed by atoms with van der Waals surface area (Å²) in [6.45, 7) is 1.91. The first-order valence-corrected chi connectivity index (χ1v) is 7.59. The molecule has 3 N–H and O–H groups in total. The minimum Gasteiger partial charge on any atom is -0.497 e. The fraction of sp³-hybridized carbons (Fsp3) is 0.625. The van der Waals surface area contributed by atoms with E-state index in [9.17, 15) is 15.3 Å². The van der Waals surface area contributed by atoms with E-state index in [4.69, 9.17) is 18.9 Å². The van der Waals surface area contributed by atoms with E-state index < -0.39 is 30.7 Å². The lowest BCUT2D eigenvalue weighted by Gasteiger charge is -2.41. The van der Waals surface area contributed by atoms with Gasteiger partial charge in [0.15, 0.2) is 6.29 Å². The molecule has 1 aromatic rings. The number of aliphatic hydroxyl groups is 3. The molecule has 0 spiro atoms. The Balaban J connectivity index is 2.01. The van der Waals surface area contributed by atoms with Crippen LogP contribution in [0.2, 0.25) is 0 Å². The van der Waals surface area contributed by atoms with Crippen molar-refractivity contribution in [3.05, 3.63) is 29.8 Å². The third-order valence-corrected chi connectivity index (χ3v) is 3.75. The molecule has 7 heteroatoms. The van der Waals surface area contributed by atoms with Crippen LogP contribution in [-0.4, -0.2) is 66.3 Å². The molecule has 7 nitrogen and oxygen atoms in total. The van der Waals surface area contributed by atoms with E-state index in [1.807, 2.05) is 12.1 Å². The third kappa shape index (κ3) is 4.41. The van der Waals surface area contributed by atoms with E-state index in [1.165, 1.54) is 0 Å². The molecule has 1 heterocycles. The molecule has 1 aliphatic heterocycles. The number of benzene rings is 1. The normalized spacial score (nSPS) is 31.1. The van der Waals surface area contributed by atoms with Crippen LogP contribution in [0.15, 0.2) is 24.3 Å². The molecule has 0 amide bonds. The topological polar surface area (TPSA) is 97.6 Å². The molecule has 1 saturated heterocycles. The Kier molecular flexibility index (Phi) is 6.76. The highest BCUT2D eigenvalue weighted by Gasteiger charge is 2.45. The molecular weight excluding hydrogens is 304 g/mol. The largest absolute Gasteiger partial charge is 0.497 e. The molecule has 1 aliphatic rings. The van der Waals surface area contributed by atoms with Crippen molar-refractivity contribution in [2.45, 2.75) is 44.2 Å².